The Kier molecular flexibility index (Phi) is 5.49. The summed E-state index contributed by atoms with van der Waals surface area (Å²) in [5, 5.41) is 0. The lowest BCUT2D eigenvalue weighted by molar-refractivity contribution is 0.122. The predicted octanol–water partition coefficient (Wildman–Crippen LogP) is 3.65. The summed E-state index contributed by atoms with van der Waals surface area (Å²) in [6, 6.07) is 6.16. The van der Waals surface area contributed by atoms with Gasteiger partial charge in [-0.1, -0.05) is 31.6 Å². The highest BCUT2D eigenvalue weighted by Crippen LogP contribution is 2.30. The van der Waals surface area contributed by atoms with Gasteiger partial charge in [-0.3, -0.25) is 0 Å². The number of hydrogen-bond acceptors (Lipinski definition) is 2. The van der Waals surface area contributed by atoms with Gasteiger partial charge in [0.1, 0.15) is 5.75 Å². The van der Waals surface area contributed by atoms with Gasteiger partial charge in [-0.05, 0) is 55.9 Å². The van der Waals surface area contributed by atoms with Crippen molar-refractivity contribution >= 4 is 0 Å². The molecule has 20 heavy (non-hydrogen) atoms. The summed E-state index contributed by atoms with van der Waals surface area (Å²) in [5.41, 5.74) is 7.61. The van der Waals surface area contributed by atoms with Crippen LogP contribution >= 0.6 is 0 Å². The van der Waals surface area contributed by atoms with Crippen LogP contribution in [-0.2, 0) is 0 Å². The van der Waals surface area contributed by atoms with Gasteiger partial charge in [-0.15, -0.1) is 0 Å². The van der Waals surface area contributed by atoms with E-state index in [1.54, 1.807) is 0 Å². The molecule has 2 nitrogen and oxygen atoms in total. The van der Waals surface area contributed by atoms with E-state index in [4.69, 9.17) is 10.5 Å². The molecule has 1 saturated carbocycles. The number of aryl methyl sites for hydroxylation is 1. The maximum Gasteiger partial charge on any atom is 0.120 e. The van der Waals surface area contributed by atoms with E-state index in [1.807, 2.05) is 12.1 Å². The average Bonchev–Trinajstić information content (AvgIpc) is 2.47. The van der Waals surface area contributed by atoms with Crippen LogP contribution < -0.4 is 10.5 Å². The number of hydrogen-bond donors (Lipinski definition) is 1. The first-order valence-electron chi connectivity index (χ1n) is 7.69. The molecule has 1 aromatic rings. The third-order valence-corrected chi connectivity index (χ3v) is 4.14. The third-order valence-electron chi connectivity index (χ3n) is 4.14. The SMILES string of the molecule is CCC1CCCC(Oc2ccc(C#CCN)c(C)c2)C1. The summed E-state index contributed by atoms with van der Waals surface area (Å²) in [5.74, 6) is 7.80. The number of rotatable bonds is 3. The fourth-order valence-corrected chi connectivity index (χ4v) is 2.91. The lowest BCUT2D eigenvalue weighted by Crippen LogP contribution is -2.25. The topological polar surface area (TPSA) is 35.2 Å². The maximum atomic E-state index is 6.15. The minimum Gasteiger partial charge on any atom is -0.490 e. The molecule has 0 aromatic heterocycles. The van der Waals surface area contributed by atoms with E-state index in [0.29, 0.717) is 12.6 Å². The first-order valence-corrected chi connectivity index (χ1v) is 7.69. The van der Waals surface area contributed by atoms with E-state index in [1.165, 1.54) is 32.1 Å². The van der Waals surface area contributed by atoms with Gasteiger partial charge in [-0.2, -0.15) is 0 Å². The van der Waals surface area contributed by atoms with Gasteiger partial charge < -0.3 is 10.5 Å². The Hall–Kier alpha value is -1.46. The quantitative estimate of drug-likeness (QED) is 0.852. The molecule has 0 spiro atoms. The second kappa shape index (κ2) is 7.36. The summed E-state index contributed by atoms with van der Waals surface area (Å²) in [6.07, 6.45) is 6.70. The second-order valence-electron chi connectivity index (χ2n) is 5.66. The molecular formula is C18H25NO. The Labute approximate surface area is 122 Å². The number of nitrogens with two attached hydrogens (primary N) is 1. The van der Waals surface area contributed by atoms with Gasteiger partial charge in [0.25, 0.3) is 0 Å². The van der Waals surface area contributed by atoms with Crippen molar-refractivity contribution in [2.24, 2.45) is 11.7 Å². The van der Waals surface area contributed by atoms with Crippen LogP contribution in [0.2, 0.25) is 0 Å². The van der Waals surface area contributed by atoms with Crippen molar-refractivity contribution in [2.75, 3.05) is 6.54 Å². The van der Waals surface area contributed by atoms with Crippen LogP contribution in [0, 0.1) is 24.7 Å². The van der Waals surface area contributed by atoms with Crippen LogP contribution in [0.5, 0.6) is 5.75 Å². The minimum atomic E-state index is 0.383. The van der Waals surface area contributed by atoms with Crippen LogP contribution in [0.4, 0.5) is 0 Å². The molecule has 0 bridgehead atoms. The Balaban J connectivity index is 2.01. The van der Waals surface area contributed by atoms with Crippen LogP contribution in [0.25, 0.3) is 0 Å². The summed E-state index contributed by atoms with van der Waals surface area (Å²) in [4.78, 5) is 0. The normalized spacial score (nSPS) is 21.9. The van der Waals surface area contributed by atoms with Crippen LogP contribution in [-0.4, -0.2) is 12.6 Å². The zero-order valence-corrected chi connectivity index (χ0v) is 12.6. The molecule has 0 aliphatic heterocycles. The van der Waals surface area contributed by atoms with E-state index in [2.05, 4.69) is 31.8 Å². The van der Waals surface area contributed by atoms with E-state index >= 15 is 0 Å². The fourth-order valence-electron chi connectivity index (χ4n) is 2.91. The number of ether oxygens (including phenoxy) is 1. The fraction of sp³-hybridized carbons (Fsp3) is 0.556. The zero-order chi connectivity index (χ0) is 14.4. The first-order chi connectivity index (χ1) is 9.72. The van der Waals surface area contributed by atoms with Crippen molar-refractivity contribution in [1.82, 2.24) is 0 Å². The van der Waals surface area contributed by atoms with Crippen molar-refractivity contribution in [2.45, 2.75) is 52.1 Å². The smallest absolute Gasteiger partial charge is 0.120 e. The van der Waals surface area contributed by atoms with Crippen molar-refractivity contribution in [3.05, 3.63) is 29.3 Å². The van der Waals surface area contributed by atoms with E-state index in [9.17, 15) is 0 Å². The minimum absolute atomic E-state index is 0.383. The summed E-state index contributed by atoms with van der Waals surface area (Å²) in [6.45, 7) is 4.75. The van der Waals surface area contributed by atoms with Gasteiger partial charge in [0.2, 0.25) is 0 Å². The molecular weight excluding hydrogens is 246 g/mol. The summed E-state index contributed by atoms with van der Waals surface area (Å²) in [7, 11) is 0. The molecule has 1 aliphatic carbocycles. The molecule has 2 heteroatoms. The van der Waals surface area contributed by atoms with Crippen LogP contribution in [0.1, 0.15) is 50.2 Å². The van der Waals surface area contributed by atoms with Crippen molar-refractivity contribution in [1.29, 1.82) is 0 Å². The maximum absolute atomic E-state index is 6.15. The molecule has 2 unspecified atom stereocenters. The highest BCUT2D eigenvalue weighted by atomic mass is 16.5. The predicted molar refractivity (Wildman–Crippen MR) is 83.8 cm³/mol. The molecule has 2 N–H and O–H groups in total. The highest BCUT2D eigenvalue weighted by molar-refractivity contribution is 5.44. The molecule has 1 aromatic carbocycles. The molecule has 2 atom stereocenters. The van der Waals surface area contributed by atoms with Crippen molar-refractivity contribution in [3.63, 3.8) is 0 Å². The molecule has 108 valence electrons. The summed E-state index contributed by atoms with van der Waals surface area (Å²) >= 11 is 0. The van der Waals surface area contributed by atoms with Gasteiger partial charge in [0.05, 0.1) is 12.6 Å². The molecule has 2 rings (SSSR count). The van der Waals surface area contributed by atoms with E-state index in [-0.39, 0.29) is 0 Å². The lowest BCUT2D eigenvalue weighted by Gasteiger charge is -2.29. The molecule has 0 radical (unpaired) electrons. The van der Waals surface area contributed by atoms with Gasteiger partial charge >= 0.3 is 0 Å². The third kappa shape index (κ3) is 4.02. The Bertz CT molecular complexity index is 498. The van der Waals surface area contributed by atoms with Crippen molar-refractivity contribution in [3.8, 4) is 17.6 Å². The van der Waals surface area contributed by atoms with Gasteiger partial charge in [0.15, 0.2) is 0 Å². The molecule has 0 heterocycles. The first kappa shape index (κ1) is 14.9. The molecule has 1 aliphatic rings. The Morgan fingerprint density at radius 2 is 2.20 bits per heavy atom. The molecule has 0 saturated heterocycles. The van der Waals surface area contributed by atoms with E-state index in [0.717, 1.165) is 22.8 Å². The van der Waals surface area contributed by atoms with Gasteiger partial charge in [-0.25, -0.2) is 0 Å². The standard InChI is InChI=1S/C18H25NO/c1-3-15-6-4-8-17(13-15)20-18-10-9-16(7-5-11-19)14(2)12-18/h9-10,12,15,17H,3-4,6,8,11,13,19H2,1-2H3. The summed E-state index contributed by atoms with van der Waals surface area (Å²) < 4.78 is 6.15. The second-order valence-corrected chi connectivity index (χ2v) is 5.66. The molecule has 0 amide bonds. The van der Waals surface area contributed by atoms with Crippen LogP contribution in [0.3, 0.4) is 0 Å². The van der Waals surface area contributed by atoms with Gasteiger partial charge in [0, 0.05) is 5.56 Å². The largest absolute Gasteiger partial charge is 0.490 e. The average molecular weight is 271 g/mol. The highest BCUT2D eigenvalue weighted by Gasteiger charge is 2.22. The Morgan fingerprint density at radius 3 is 2.90 bits per heavy atom. The lowest BCUT2D eigenvalue weighted by atomic mass is 9.85. The zero-order valence-electron chi connectivity index (χ0n) is 12.6. The van der Waals surface area contributed by atoms with Crippen LogP contribution in [0.15, 0.2) is 18.2 Å². The number of benzene rings is 1. The van der Waals surface area contributed by atoms with E-state index < -0.39 is 0 Å². The Morgan fingerprint density at radius 1 is 1.35 bits per heavy atom. The monoisotopic (exact) mass is 271 g/mol. The van der Waals surface area contributed by atoms with Crippen molar-refractivity contribution < 1.29 is 4.74 Å². The molecule has 1 fully saturated rings.